The fraction of sp³-hybridized carbons (Fsp3) is 0.0400. The van der Waals surface area contributed by atoms with Crippen molar-refractivity contribution in [3.8, 4) is 17.3 Å². The molecule has 37 heavy (non-hydrogen) atoms. The summed E-state index contributed by atoms with van der Waals surface area (Å²) in [6.07, 6.45) is 2.65. The van der Waals surface area contributed by atoms with Crippen molar-refractivity contribution in [2.45, 2.75) is 4.90 Å². The Hall–Kier alpha value is -4.97. The van der Waals surface area contributed by atoms with Crippen LogP contribution in [-0.2, 0) is 10.0 Å². The van der Waals surface area contributed by atoms with E-state index < -0.39 is 21.5 Å². The molecule has 3 aromatic carbocycles. The lowest BCUT2D eigenvalue weighted by molar-refractivity contribution is 0.417. The van der Waals surface area contributed by atoms with E-state index in [9.17, 15) is 18.3 Å². The maximum Gasteiger partial charge on any atom is 0.265 e. The number of sulfonamides is 1. The molecule has 2 heterocycles. The van der Waals surface area contributed by atoms with Crippen LogP contribution in [-0.4, -0.2) is 46.6 Å². The van der Waals surface area contributed by atoms with E-state index in [1.54, 1.807) is 48.5 Å². The molecule has 186 valence electrons. The molecule has 0 atom stereocenters. The molecule has 0 unspecified atom stereocenters. The van der Waals surface area contributed by atoms with E-state index in [4.69, 9.17) is 4.74 Å². The number of ether oxygens (including phenoxy) is 1. The van der Waals surface area contributed by atoms with Gasteiger partial charge >= 0.3 is 0 Å². The number of hydrogen-bond acceptors (Lipinski definition) is 8. The molecule has 5 aromatic rings. The summed E-state index contributed by atoms with van der Waals surface area (Å²) in [6.45, 7) is 0. The SMILES string of the molecule is COc1ccccc1NS(=O)(=O)c1cccc(-n2c(O)c(/C=N/c3ncn[nH]3)c3ccccc3c2=O)c1. The fourth-order valence-electron chi connectivity index (χ4n) is 3.84. The molecule has 0 bridgehead atoms. The zero-order chi connectivity index (χ0) is 26.0. The van der Waals surface area contributed by atoms with Crippen LogP contribution >= 0.6 is 0 Å². The van der Waals surface area contributed by atoms with Crippen LogP contribution in [0.5, 0.6) is 11.6 Å². The predicted molar refractivity (Wildman–Crippen MR) is 139 cm³/mol. The van der Waals surface area contributed by atoms with Crippen molar-refractivity contribution in [1.82, 2.24) is 19.7 Å². The highest BCUT2D eigenvalue weighted by atomic mass is 32.2. The molecule has 11 nitrogen and oxygen atoms in total. The molecule has 0 saturated heterocycles. The van der Waals surface area contributed by atoms with E-state index in [2.05, 4.69) is 24.9 Å². The number of nitrogens with zero attached hydrogens (tertiary/aromatic N) is 4. The van der Waals surface area contributed by atoms with Gasteiger partial charge in [0, 0.05) is 17.0 Å². The molecule has 0 aliphatic heterocycles. The average molecular weight is 517 g/mol. The molecule has 0 amide bonds. The minimum absolute atomic E-state index is 0.118. The number of fused-ring (bicyclic) bond motifs is 1. The van der Waals surface area contributed by atoms with Gasteiger partial charge in [0.15, 0.2) is 0 Å². The van der Waals surface area contributed by atoms with Gasteiger partial charge in [-0.2, -0.15) is 10.1 Å². The van der Waals surface area contributed by atoms with Crippen molar-refractivity contribution in [3.05, 3.63) is 95.0 Å². The molecule has 0 saturated carbocycles. The van der Waals surface area contributed by atoms with E-state index in [0.717, 1.165) is 4.57 Å². The summed E-state index contributed by atoms with van der Waals surface area (Å²) >= 11 is 0. The van der Waals surface area contributed by atoms with Gasteiger partial charge in [-0.1, -0.05) is 36.4 Å². The Morgan fingerprint density at radius 2 is 1.81 bits per heavy atom. The number of hydrogen-bond donors (Lipinski definition) is 3. The number of rotatable bonds is 7. The maximum absolute atomic E-state index is 13.4. The van der Waals surface area contributed by atoms with Crippen molar-refractivity contribution in [1.29, 1.82) is 0 Å². The van der Waals surface area contributed by atoms with Gasteiger partial charge in [-0.15, -0.1) is 0 Å². The third-order valence-electron chi connectivity index (χ3n) is 5.56. The van der Waals surface area contributed by atoms with Gasteiger partial charge in [-0.25, -0.2) is 23.1 Å². The number of aromatic amines is 1. The number of aromatic nitrogens is 4. The molecule has 0 aliphatic rings. The summed E-state index contributed by atoms with van der Waals surface area (Å²) in [5.41, 5.74) is 0.113. The highest BCUT2D eigenvalue weighted by molar-refractivity contribution is 7.92. The summed E-state index contributed by atoms with van der Waals surface area (Å²) in [6, 6.07) is 19.0. The topological polar surface area (TPSA) is 152 Å². The normalized spacial score (nSPS) is 11.7. The van der Waals surface area contributed by atoms with E-state index >= 15 is 0 Å². The first-order valence-electron chi connectivity index (χ1n) is 10.9. The van der Waals surface area contributed by atoms with Gasteiger partial charge in [0.1, 0.15) is 12.1 Å². The van der Waals surface area contributed by atoms with Crippen LogP contribution in [0.2, 0.25) is 0 Å². The van der Waals surface area contributed by atoms with Crippen LogP contribution in [0.15, 0.2) is 93.8 Å². The first-order valence-corrected chi connectivity index (χ1v) is 12.4. The third kappa shape index (κ3) is 4.52. The van der Waals surface area contributed by atoms with Crippen molar-refractivity contribution in [2.24, 2.45) is 4.99 Å². The number of aliphatic imine (C=N–C) groups is 1. The second-order valence-corrected chi connectivity index (χ2v) is 9.48. The Morgan fingerprint density at radius 1 is 1.05 bits per heavy atom. The fourth-order valence-corrected chi connectivity index (χ4v) is 4.95. The molecule has 3 N–H and O–H groups in total. The van der Waals surface area contributed by atoms with E-state index in [1.807, 2.05) is 0 Å². The van der Waals surface area contributed by atoms with E-state index in [0.29, 0.717) is 16.5 Å². The number of methoxy groups -OCH3 is 1. The maximum atomic E-state index is 13.4. The highest BCUT2D eigenvalue weighted by Crippen LogP contribution is 2.29. The Balaban J connectivity index is 1.64. The van der Waals surface area contributed by atoms with Crippen molar-refractivity contribution in [3.63, 3.8) is 0 Å². The molecular weight excluding hydrogens is 496 g/mol. The van der Waals surface area contributed by atoms with Gasteiger partial charge < -0.3 is 9.84 Å². The van der Waals surface area contributed by atoms with Crippen LogP contribution < -0.4 is 15.0 Å². The zero-order valence-electron chi connectivity index (χ0n) is 19.4. The Labute approximate surface area is 210 Å². The van der Waals surface area contributed by atoms with Crippen LogP contribution in [0.4, 0.5) is 11.6 Å². The van der Waals surface area contributed by atoms with Crippen LogP contribution in [0.1, 0.15) is 5.56 Å². The molecule has 5 rings (SSSR count). The molecule has 0 spiro atoms. The largest absolute Gasteiger partial charge is 0.495 e. The number of nitrogens with one attached hydrogen (secondary N) is 2. The van der Waals surface area contributed by atoms with Crippen molar-refractivity contribution >= 4 is 38.6 Å². The van der Waals surface area contributed by atoms with Gasteiger partial charge in [-0.3, -0.25) is 9.52 Å². The number of H-pyrrole nitrogens is 1. The molecule has 12 heteroatoms. The lowest BCUT2D eigenvalue weighted by Gasteiger charge is -2.15. The lowest BCUT2D eigenvalue weighted by Crippen LogP contribution is -2.21. The average Bonchev–Trinajstić information content (AvgIpc) is 3.43. The third-order valence-corrected chi connectivity index (χ3v) is 6.92. The summed E-state index contributed by atoms with van der Waals surface area (Å²) < 4.78 is 35.1. The minimum Gasteiger partial charge on any atom is -0.495 e. The van der Waals surface area contributed by atoms with Crippen LogP contribution in [0.3, 0.4) is 0 Å². The van der Waals surface area contributed by atoms with Gasteiger partial charge in [0.2, 0.25) is 11.8 Å². The standard InChI is InChI=1S/C25H20N6O5S/c1-36-22-12-5-4-11-21(22)30-37(34,35)17-8-6-7-16(13-17)31-23(32)19-10-3-2-9-18(19)20(24(31)33)14-26-25-27-15-28-29-25/h2-15,30,33H,1H3,(H,27,28,29)/b26-14+. The first-order chi connectivity index (χ1) is 17.9. The molecular formula is C25H20N6O5S. The minimum atomic E-state index is -4.07. The second-order valence-electron chi connectivity index (χ2n) is 7.79. The van der Waals surface area contributed by atoms with Gasteiger partial charge in [-0.05, 0) is 36.4 Å². The van der Waals surface area contributed by atoms with Crippen LogP contribution in [0.25, 0.3) is 16.5 Å². The lowest BCUT2D eigenvalue weighted by atomic mass is 10.1. The summed E-state index contributed by atoms with van der Waals surface area (Å²) in [5, 5.41) is 18.3. The number of para-hydroxylation sites is 2. The second kappa shape index (κ2) is 9.59. The zero-order valence-corrected chi connectivity index (χ0v) is 20.2. The summed E-state index contributed by atoms with van der Waals surface area (Å²) in [5.74, 6) is 0.136. The Morgan fingerprint density at radius 3 is 2.57 bits per heavy atom. The van der Waals surface area contributed by atoms with Gasteiger partial charge in [0.05, 0.1) is 28.9 Å². The highest BCUT2D eigenvalue weighted by Gasteiger charge is 2.20. The summed E-state index contributed by atoms with van der Waals surface area (Å²) in [4.78, 5) is 21.4. The first kappa shape index (κ1) is 23.8. The van der Waals surface area contributed by atoms with Crippen molar-refractivity contribution in [2.75, 3.05) is 11.8 Å². The van der Waals surface area contributed by atoms with E-state index in [1.165, 1.54) is 43.9 Å². The molecule has 0 fully saturated rings. The predicted octanol–water partition coefficient (Wildman–Crippen LogP) is 3.37. The van der Waals surface area contributed by atoms with Gasteiger partial charge in [0.25, 0.3) is 15.6 Å². The van der Waals surface area contributed by atoms with Crippen molar-refractivity contribution < 1.29 is 18.3 Å². The van der Waals surface area contributed by atoms with E-state index in [-0.39, 0.29) is 27.8 Å². The monoisotopic (exact) mass is 516 g/mol. The number of benzene rings is 3. The quantitative estimate of drug-likeness (QED) is 0.281. The number of pyridine rings is 1. The summed E-state index contributed by atoms with van der Waals surface area (Å²) in [7, 11) is -2.63. The smallest absolute Gasteiger partial charge is 0.265 e. The Bertz CT molecular complexity index is 1800. The molecule has 2 aromatic heterocycles. The number of anilines is 1. The molecule has 0 radical (unpaired) electrons. The Kier molecular flexibility index (Phi) is 6.15. The molecule has 0 aliphatic carbocycles. The number of aromatic hydroxyl groups is 1. The van der Waals surface area contributed by atoms with Crippen LogP contribution in [0, 0.1) is 0 Å².